The molecule has 0 aliphatic rings. The van der Waals surface area contributed by atoms with Gasteiger partial charge in [-0.1, -0.05) is 38.1 Å². The lowest BCUT2D eigenvalue weighted by Gasteiger charge is -2.29. The van der Waals surface area contributed by atoms with Crippen LogP contribution in [0.5, 0.6) is 0 Å². The number of oxazole rings is 1. The summed E-state index contributed by atoms with van der Waals surface area (Å²) in [6.45, 7) is 4.21. The van der Waals surface area contributed by atoms with Crippen LogP contribution < -0.4 is 0 Å². The third-order valence-electron chi connectivity index (χ3n) is 4.68. The largest absolute Gasteiger partial charge is 0.444 e. The molecule has 1 unspecified atom stereocenters. The summed E-state index contributed by atoms with van der Waals surface area (Å²) in [4.78, 5) is 11.1. The Kier molecular flexibility index (Phi) is 4.09. The van der Waals surface area contributed by atoms with Crippen molar-refractivity contribution in [3.05, 3.63) is 72.8 Å². The highest BCUT2D eigenvalue weighted by atomic mass is 16.3. The third-order valence-corrected chi connectivity index (χ3v) is 4.68. The monoisotopic (exact) mass is 347 g/mol. The first-order chi connectivity index (χ1) is 12.6. The Balaban J connectivity index is 1.79. The molecule has 0 aliphatic carbocycles. The Morgan fingerprint density at radius 3 is 2.58 bits per heavy atom. The van der Waals surface area contributed by atoms with E-state index in [1.807, 2.05) is 30.3 Å². The molecule has 0 radical (unpaired) electrons. The van der Waals surface area contributed by atoms with Crippen molar-refractivity contribution in [3.63, 3.8) is 0 Å². The van der Waals surface area contributed by atoms with Crippen LogP contribution in [0.4, 0.5) is 0 Å². The SMILES string of the molecule is CC(C)CC(O)(c1ccc2cc(-c3cnco3)ccc2c1)c1cnc[nH]1. The maximum atomic E-state index is 11.5. The molecule has 0 bridgehead atoms. The van der Waals surface area contributed by atoms with E-state index >= 15 is 0 Å². The lowest BCUT2D eigenvalue weighted by Crippen LogP contribution is -2.29. The molecule has 1 atom stereocenters. The minimum absolute atomic E-state index is 0.327. The second-order valence-electron chi connectivity index (χ2n) is 7.07. The standard InChI is InChI=1S/C21H21N3O2/c1-14(2)9-21(25,20-11-22-12-24-20)18-6-5-15-7-17(4-3-16(15)8-18)19-10-23-13-26-19/h3-8,10-14,25H,9H2,1-2H3,(H,22,24). The lowest BCUT2D eigenvalue weighted by molar-refractivity contribution is 0.0536. The Bertz CT molecular complexity index is 1010. The summed E-state index contributed by atoms with van der Waals surface area (Å²) >= 11 is 0. The van der Waals surface area contributed by atoms with Crippen molar-refractivity contribution in [3.8, 4) is 11.3 Å². The molecule has 0 saturated heterocycles. The second kappa shape index (κ2) is 6.42. The summed E-state index contributed by atoms with van der Waals surface area (Å²) in [6.07, 6.45) is 7.04. The van der Waals surface area contributed by atoms with Crippen molar-refractivity contribution in [2.75, 3.05) is 0 Å². The van der Waals surface area contributed by atoms with Gasteiger partial charge in [-0.2, -0.15) is 0 Å². The number of nitrogens with zero attached hydrogens (tertiary/aromatic N) is 2. The molecular formula is C21H21N3O2. The summed E-state index contributed by atoms with van der Waals surface area (Å²) in [5, 5.41) is 13.6. The zero-order chi connectivity index (χ0) is 18.1. The lowest BCUT2D eigenvalue weighted by atomic mass is 9.82. The smallest absolute Gasteiger partial charge is 0.181 e. The molecule has 0 aliphatic heterocycles. The fourth-order valence-electron chi connectivity index (χ4n) is 3.47. The molecule has 0 amide bonds. The number of imidazole rings is 1. The van der Waals surface area contributed by atoms with Gasteiger partial charge in [0.25, 0.3) is 0 Å². The van der Waals surface area contributed by atoms with Gasteiger partial charge in [-0.3, -0.25) is 0 Å². The van der Waals surface area contributed by atoms with Gasteiger partial charge >= 0.3 is 0 Å². The molecule has 0 saturated carbocycles. The van der Waals surface area contributed by atoms with E-state index in [0.717, 1.165) is 27.7 Å². The van der Waals surface area contributed by atoms with E-state index in [2.05, 4.69) is 34.9 Å². The Morgan fingerprint density at radius 2 is 1.88 bits per heavy atom. The summed E-state index contributed by atoms with van der Waals surface area (Å²) in [5.74, 6) is 1.07. The first kappa shape index (κ1) is 16.5. The van der Waals surface area contributed by atoms with Gasteiger partial charge in [0.1, 0.15) is 5.60 Å². The average molecular weight is 347 g/mol. The van der Waals surface area contributed by atoms with Crippen LogP contribution in [0.1, 0.15) is 31.5 Å². The number of hydrogen-bond acceptors (Lipinski definition) is 4. The number of fused-ring (bicyclic) bond motifs is 1. The number of rotatable bonds is 5. The number of benzene rings is 2. The quantitative estimate of drug-likeness (QED) is 0.557. The summed E-state index contributed by atoms with van der Waals surface area (Å²) in [6, 6.07) is 12.2. The highest BCUT2D eigenvalue weighted by Gasteiger charge is 2.34. The van der Waals surface area contributed by atoms with Gasteiger partial charge in [-0.25, -0.2) is 9.97 Å². The predicted molar refractivity (Wildman–Crippen MR) is 100 cm³/mol. The molecule has 0 spiro atoms. The van der Waals surface area contributed by atoms with Crippen LogP contribution >= 0.6 is 0 Å². The van der Waals surface area contributed by atoms with Gasteiger partial charge in [0, 0.05) is 5.56 Å². The van der Waals surface area contributed by atoms with Crippen LogP contribution in [0.25, 0.3) is 22.1 Å². The van der Waals surface area contributed by atoms with Crippen molar-refractivity contribution < 1.29 is 9.52 Å². The molecule has 2 aromatic heterocycles. The maximum absolute atomic E-state index is 11.5. The zero-order valence-electron chi connectivity index (χ0n) is 14.8. The van der Waals surface area contributed by atoms with E-state index in [0.29, 0.717) is 18.0 Å². The predicted octanol–water partition coefficient (Wildman–Crippen LogP) is 4.50. The fourth-order valence-corrected chi connectivity index (χ4v) is 3.47. The van der Waals surface area contributed by atoms with E-state index in [4.69, 9.17) is 4.42 Å². The van der Waals surface area contributed by atoms with E-state index in [1.54, 1.807) is 18.7 Å². The minimum Gasteiger partial charge on any atom is -0.444 e. The van der Waals surface area contributed by atoms with Crippen LogP contribution in [0.3, 0.4) is 0 Å². The molecule has 4 rings (SSSR count). The van der Waals surface area contributed by atoms with Crippen molar-refractivity contribution in [2.45, 2.75) is 25.9 Å². The summed E-state index contributed by atoms with van der Waals surface area (Å²) in [5.41, 5.74) is 1.45. The van der Waals surface area contributed by atoms with Crippen LogP contribution in [-0.2, 0) is 5.60 Å². The van der Waals surface area contributed by atoms with Gasteiger partial charge in [0.05, 0.1) is 24.4 Å². The Labute approximate surface area is 151 Å². The van der Waals surface area contributed by atoms with Crippen LogP contribution in [0, 0.1) is 5.92 Å². The molecule has 4 aromatic rings. The van der Waals surface area contributed by atoms with Crippen LogP contribution in [-0.4, -0.2) is 20.1 Å². The molecule has 5 heteroatoms. The highest BCUT2D eigenvalue weighted by Crippen LogP contribution is 2.36. The molecule has 0 fully saturated rings. The van der Waals surface area contributed by atoms with Gasteiger partial charge in [0.15, 0.2) is 12.2 Å². The van der Waals surface area contributed by atoms with E-state index in [-0.39, 0.29) is 0 Å². The minimum atomic E-state index is -1.09. The maximum Gasteiger partial charge on any atom is 0.181 e. The van der Waals surface area contributed by atoms with E-state index in [1.165, 1.54) is 6.39 Å². The van der Waals surface area contributed by atoms with E-state index < -0.39 is 5.60 Å². The van der Waals surface area contributed by atoms with Crippen molar-refractivity contribution in [1.82, 2.24) is 15.0 Å². The molecule has 2 heterocycles. The number of nitrogens with one attached hydrogen (secondary N) is 1. The van der Waals surface area contributed by atoms with Crippen molar-refractivity contribution in [2.24, 2.45) is 5.92 Å². The molecule has 2 N–H and O–H groups in total. The fraction of sp³-hybridized carbons (Fsp3) is 0.238. The Morgan fingerprint density at radius 1 is 1.08 bits per heavy atom. The topological polar surface area (TPSA) is 74.9 Å². The molecule has 5 nitrogen and oxygen atoms in total. The van der Waals surface area contributed by atoms with Gasteiger partial charge in [-0.15, -0.1) is 0 Å². The number of H-pyrrole nitrogens is 1. The number of aromatic nitrogens is 3. The second-order valence-corrected chi connectivity index (χ2v) is 7.07. The molecule has 2 aromatic carbocycles. The summed E-state index contributed by atoms with van der Waals surface area (Å²) in [7, 11) is 0. The van der Waals surface area contributed by atoms with Crippen LogP contribution in [0.2, 0.25) is 0 Å². The zero-order valence-corrected chi connectivity index (χ0v) is 14.8. The summed E-state index contributed by atoms with van der Waals surface area (Å²) < 4.78 is 5.38. The van der Waals surface area contributed by atoms with E-state index in [9.17, 15) is 5.11 Å². The first-order valence-electron chi connectivity index (χ1n) is 8.70. The van der Waals surface area contributed by atoms with Gasteiger partial charge < -0.3 is 14.5 Å². The van der Waals surface area contributed by atoms with Crippen LogP contribution in [0.15, 0.2) is 65.9 Å². The van der Waals surface area contributed by atoms with Gasteiger partial charge in [-0.05, 0) is 40.8 Å². The number of aromatic amines is 1. The average Bonchev–Trinajstić information content (AvgIpc) is 3.34. The normalized spacial score (nSPS) is 14.0. The number of hydrogen-bond donors (Lipinski definition) is 2. The van der Waals surface area contributed by atoms with Crippen molar-refractivity contribution >= 4 is 10.8 Å². The first-order valence-corrected chi connectivity index (χ1v) is 8.70. The molecule has 132 valence electrons. The Hall–Kier alpha value is -2.92. The molecule has 26 heavy (non-hydrogen) atoms. The molecular weight excluding hydrogens is 326 g/mol. The highest BCUT2D eigenvalue weighted by molar-refractivity contribution is 5.87. The number of aliphatic hydroxyl groups is 1. The third kappa shape index (κ3) is 2.91. The van der Waals surface area contributed by atoms with Crippen molar-refractivity contribution in [1.29, 1.82) is 0 Å². The van der Waals surface area contributed by atoms with Gasteiger partial charge in [0.2, 0.25) is 0 Å².